The minimum atomic E-state index is -5.08. The summed E-state index contributed by atoms with van der Waals surface area (Å²) in [5.41, 5.74) is 7.59. The van der Waals surface area contributed by atoms with E-state index in [1.54, 1.807) is 4.90 Å². The molecule has 3 aliphatic rings. The van der Waals surface area contributed by atoms with Gasteiger partial charge in [0.15, 0.2) is 0 Å². The summed E-state index contributed by atoms with van der Waals surface area (Å²) in [4.78, 5) is 51.4. The molecular weight excluding hydrogens is 736 g/mol. The van der Waals surface area contributed by atoms with E-state index in [-0.39, 0.29) is 18.4 Å². The SMILES string of the molecule is NCC1CCC(CNC(=O)CN2CN(c3ccccc3)C3(CCN(Cc4cccc5ccccc45)CC3)C2=O)CC1.O=C(O)C(F)(F)F.O=C(O)C(F)(F)F. The lowest BCUT2D eigenvalue weighted by Gasteiger charge is -2.43. The molecular formula is C38H45F6N5O6. The molecule has 2 saturated heterocycles. The van der Waals surface area contributed by atoms with Crippen molar-refractivity contribution in [3.8, 4) is 0 Å². The summed E-state index contributed by atoms with van der Waals surface area (Å²) in [5.74, 6) is -4.35. The molecule has 3 aromatic rings. The molecule has 0 unspecified atom stereocenters. The standard InChI is InChI=1S/C34H43N5O2.2C2HF3O2/c35-21-26-13-15-27(16-14-26)22-36-32(40)24-38-25-39(30-10-2-1-3-11-30)34(33(38)41)17-19-37(20-18-34)23-29-9-6-8-28-7-4-5-12-31(28)29;2*3-2(4,5)1(6)7/h1-12,26-27H,13-25,35H2,(H,36,40);2*(H,6,7). The lowest BCUT2D eigenvalue weighted by molar-refractivity contribution is -0.193. The minimum absolute atomic E-state index is 0.0576. The Bertz CT molecular complexity index is 1730. The molecule has 0 bridgehead atoms. The number of hydrogen-bond acceptors (Lipinski definition) is 7. The Labute approximate surface area is 314 Å². The second-order valence-corrected chi connectivity index (χ2v) is 13.9. The zero-order valence-electron chi connectivity index (χ0n) is 30.0. The first-order valence-corrected chi connectivity index (χ1v) is 17.8. The van der Waals surface area contributed by atoms with Crippen molar-refractivity contribution < 1.29 is 55.7 Å². The summed E-state index contributed by atoms with van der Waals surface area (Å²) in [6.45, 7) is 4.55. The maximum absolute atomic E-state index is 14.1. The van der Waals surface area contributed by atoms with Crippen molar-refractivity contribution >= 4 is 40.2 Å². The fourth-order valence-corrected chi connectivity index (χ4v) is 7.23. The molecule has 2 amide bonds. The van der Waals surface area contributed by atoms with E-state index >= 15 is 0 Å². The molecule has 6 rings (SSSR count). The number of nitrogens with one attached hydrogen (secondary N) is 1. The number of carbonyl (C=O) groups excluding carboxylic acids is 2. The van der Waals surface area contributed by atoms with Crippen LogP contribution in [-0.4, -0.2) is 101 Å². The van der Waals surface area contributed by atoms with Crippen molar-refractivity contribution in [1.82, 2.24) is 15.1 Å². The zero-order valence-corrected chi connectivity index (χ0v) is 30.0. The van der Waals surface area contributed by atoms with Gasteiger partial charge in [0, 0.05) is 31.9 Å². The van der Waals surface area contributed by atoms with E-state index in [9.17, 15) is 35.9 Å². The third-order valence-electron chi connectivity index (χ3n) is 10.2. The predicted octanol–water partition coefficient (Wildman–Crippen LogP) is 5.63. The Hall–Kier alpha value is -4.90. The van der Waals surface area contributed by atoms with E-state index in [1.165, 1.54) is 16.3 Å². The van der Waals surface area contributed by atoms with Crippen LogP contribution in [0.3, 0.4) is 0 Å². The largest absolute Gasteiger partial charge is 0.490 e. The fourth-order valence-electron chi connectivity index (χ4n) is 7.23. The van der Waals surface area contributed by atoms with Gasteiger partial charge < -0.3 is 31.1 Å². The maximum Gasteiger partial charge on any atom is 0.490 e. The highest BCUT2D eigenvalue weighted by Crippen LogP contribution is 2.40. The van der Waals surface area contributed by atoms with Crippen molar-refractivity contribution in [1.29, 1.82) is 0 Å². The van der Waals surface area contributed by atoms with Gasteiger partial charge in [-0.3, -0.25) is 14.5 Å². The third kappa shape index (κ3) is 11.6. The van der Waals surface area contributed by atoms with Crippen LogP contribution in [0.2, 0.25) is 0 Å². The lowest BCUT2D eigenvalue weighted by atomic mass is 9.82. The van der Waals surface area contributed by atoms with Crippen LogP contribution >= 0.6 is 0 Å². The molecule has 11 nitrogen and oxygen atoms in total. The van der Waals surface area contributed by atoms with Crippen LogP contribution in [0.1, 0.15) is 44.1 Å². The van der Waals surface area contributed by atoms with E-state index in [0.29, 0.717) is 25.0 Å². The van der Waals surface area contributed by atoms with Crippen molar-refractivity contribution in [3.63, 3.8) is 0 Å². The number of nitrogens with two attached hydrogens (primary N) is 1. The first-order chi connectivity index (χ1) is 25.9. The molecule has 3 fully saturated rings. The molecule has 0 aromatic heterocycles. The maximum atomic E-state index is 14.1. The second-order valence-electron chi connectivity index (χ2n) is 13.9. The van der Waals surface area contributed by atoms with Crippen LogP contribution < -0.4 is 16.0 Å². The number of carboxylic acid groups (broad SMARTS) is 2. The molecule has 0 atom stereocenters. The number of benzene rings is 3. The van der Waals surface area contributed by atoms with Crippen LogP contribution in [0.4, 0.5) is 32.0 Å². The molecule has 1 spiro atoms. The molecule has 5 N–H and O–H groups in total. The number of likely N-dealkylation sites (tertiary alicyclic amines) is 1. The minimum Gasteiger partial charge on any atom is -0.475 e. The van der Waals surface area contributed by atoms with E-state index < -0.39 is 29.8 Å². The molecule has 17 heteroatoms. The van der Waals surface area contributed by atoms with Crippen LogP contribution in [0.25, 0.3) is 10.8 Å². The summed E-state index contributed by atoms with van der Waals surface area (Å²) >= 11 is 0. The Morgan fingerprint density at radius 2 is 1.31 bits per heavy atom. The van der Waals surface area contributed by atoms with E-state index in [2.05, 4.69) is 69.7 Å². The topological polar surface area (TPSA) is 157 Å². The van der Waals surface area contributed by atoms with Crippen LogP contribution in [-0.2, 0) is 25.7 Å². The average Bonchev–Trinajstić information content (AvgIpc) is 3.41. The van der Waals surface area contributed by atoms with Crippen LogP contribution in [0, 0.1) is 11.8 Å². The smallest absolute Gasteiger partial charge is 0.475 e. The molecule has 1 aliphatic carbocycles. The van der Waals surface area contributed by atoms with E-state index in [0.717, 1.165) is 70.4 Å². The van der Waals surface area contributed by atoms with Gasteiger partial charge in [-0.15, -0.1) is 0 Å². The molecule has 2 heterocycles. The summed E-state index contributed by atoms with van der Waals surface area (Å²) in [7, 11) is 0. The van der Waals surface area contributed by atoms with E-state index in [1.807, 2.05) is 18.2 Å². The third-order valence-corrected chi connectivity index (χ3v) is 10.2. The first kappa shape index (κ1) is 42.8. The Kier molecular flexibility index (Phi) is 14.5. The molecule has 3 aromatic carbocycles. The van der Waals surface area contributed by atoms with Gasteiger partial charge in [0.05, 0.1) is 6.67 Å². The number of carboxylic acids is 2. The van der Waals surface area contributed by atoms with Gasteiger partial charge >= 0.3 is 24.3 Å². The van der Waals surface area contributed by atoms with Crippen molar-refractivity contribution in [3.05, 3.63) is 78.4 Å². The lowest BCUT2D eigenvalue weighted by Crippen LogP contribution is -2.56. The highest BCUT2D eigenvalue weighted by Gasteiger charge is 2.54. The average molecular weight is 782 g/mol. The van der Waals surface area contributed by atoms with Crippen molar-refractivity contribution in [2.75, 3.05) is 44.3 Å². The second kappa shape index (κ2) is 18.6. The van der Waals surface area contributed by atoms with Gasteiger partial charge in [0.1, 0.15) is 12.1 Å². The summed E-state index contributed by atoms with van der Waals surface area (Å²) in [5, 5.41) is 19.9. The first-order valence-electron chi connectivity index (χ1n) is 17.8. The normalized spacial score (nSPS) is 19.9. The quantitative estimate of drug-likeness (QED) is 0.213. The van der Waals surface area contributed by atoms with Gasteiger partial charge in [-0.25, -0.2) is 9.59 Å². The number of halogens is 6. The molecule has 2 aliphatic heterocycles. The Balaban J connectivity index is 0.000000410. The number of alkyl halides is 6. The Morgan fingerprint density at radius 1 is 0.782 bits per heavy atom. The van der Waals surface area contributed by atoms with Crippen LogP contribution in [0.15, 0.2) is 72.8 Å². The number of hydrogen-bond donors (Lipinski definition) is 4. The van der Waals surface area contributed by atoms with Gasteiger partial charge in [0.2, 0.25) is 11.8 Å². The summed E-state index contributed by atoms with van der Waals surface area (Å²) < 4.78 is 63.5. The number of para-hydroxylation sites is 1. The number of piperidine rings is 1. The Morgan fingerprint density at radius 3 is 1.87 bits per heavy atom. The fraction of sp³-hybridized carbons (Fsp3) is 0.474. The number of aliphatic carboxylic acids is 2. The van der Waals surface area contributed by atoms with Crippen molar-refractivity contribution in [2.45, 2.75) is 63.0 Å². The van der Waals surface area contributed by atoms with Gasteiger partial charge in [-0.1, -0.05) is 60.7 Å². The molecule has 0 radical (unpaired) electrons. The molecule has 300 valence electrons. The number of nitrogens with zero attached hydrogens (tertiary/aromatic N) is 3. The van der Waals surface area contributed by atoms with Crippen molar-refractivity contribution in [2.24, 2.45) is 17.6 Å². The monoisotopic (exact) mass is 781 g/mol. The summed E-state index contributed by atoms with van der Waals surface area (Å²) in [6.07, 6.45) is -4.15. The number of anilines is 1. The molecule has 1 saturated carbocycles. The number of fused-ring (bicyclic) bond motifs is 1. The number of amides is 2. The highest BCUT2D eigenvalue weighted by atomic mass is 19.4. The van der Waals surface area contributed by atoms with E-state index in [4.69, 9.17) is 25.5 Å². The van der Waals surface area contributed by atoms with Gasteiger partial charge in [-0.05, 0) is 85.4 Å². The predicted molar refractivity (Wildman–Crippen MR) is 192 cm³/mol. The highest BCUT2D eigenvalue weighted by molar-refractivity contribution is 5.96. The zero-order chi connectivity index (χ0) is 40.4. The molecule has 55 heavy (non-hydrogen) atoms. The van der Waals surface area contributed by atoms with Crippen LogP contribution in [0.5, 0.6) is 0 Å². The van der Waals surface area contributed by atoms with Gasteiger partial charge in [0.25, 0.3) is 0 Å². The summed E-state index contributed by atoms with van der Waals surface area (Å²) in [6, 6.07) is 25.3. The number of carbonyl (C=O) groups is 4. The van der Waals surface area contributed by atoms with Gasteiger partial charge in [-0.2, -0.15) is 26.3 Å². The number of rotatable bonds is 8.